The first-order chi connectivity index (χ1) is 8.21. The van der Waals surface area contributed by atoms with E-state index in [1.54, 1.807) is 0 Å². The monoisotopic (exact) mass is 238 g/mol. The number of ether oxygens (including phenoxy) is 1. The Morgan fingerprint density at radius 1 is 1.41 bits per heavy atom. The van der Waals surface area contributed by atoms with Crippen LogP contribution in [0.2, 0.25) is 0 Å². The molecule has 0 aliphatic rings. The lowest BCUT2D eigenvalue weighted by Crippen LogP contribution is -2.13. The van der Waals surface area contributed by atoms with Crippen molar-refractivity contribution in [2.24, 2.45) is 0 Å². The molecule has 0 N–H and O–H groups in total. The average molecular weight is 238 g/mol. The molecule has 4 nitrogen and oxygen atoms in total. The van der Waals surface area contributed by atoms with Crippen LogP contribution >= 0.6 is 0 Å². The van der Waals surface area contributed by atoms with Crippen LogP contribution in [-0.2, 0) is 16.0 Å². The minimum Gasteiger partial charge on any atom is -0.374 e. The smallest absolute Gasteiger partial charge is 0.164 e. The lowest BCUT2D eigenvalue weighted by molar-refractivity contribution is -0.122. The van der Waals surface area contributed by atoms with Gasteiger partial charge in [0, 0.05) is 12.8 Å². The van der Waals surface area contributed by atoms with E-state index in [9.17, 15) is 4.79 Å². The average Bonchev–Trinajstić information content (AvgIpc) is 2.76. The summed E-state index contributed by atoms with van der Waals surface area (Å²) < 4.78 is 7.04. The molecular weight excluding hydrogens is 216 g/mol. The van der Waals surface area contributed by atoms with Crippen LogP contribution in [0.1, 0.15) is 45.3 Å². The Kier molecular flexibility index (Phi) is 5.91. The summed E-state index contributed by atoms with van der Waals surface area (Å²) in [5, 5.41) is 4.44. The van der Waals surface area contributed by atoms with E-state index in [0.717, 1.165) is 18.5 Å². The summed E-state index contributed by atoms with van der Waals surface area (Å²) in [6.45, 7) is 6.95. The van der Waals surface area contributed by atoms with Crippen LogP contribution in [0.3, 0.4) is 0 Å². The fourth-order valence-corrected chi connectivity index (χ4v) is 1.81. The van der Waals surface area contributed by atoms with E-state index in [-0.39, 0.29) is 12.4 Å². The SMILES string of the molecule is CCOCC(=O)Cc1ccn(C(CC)CC)n1. The molecule has 0 amide bonds. The van der Waals surface area contributed by atoms with Crippen LogP contribution < -0.4 is 0 Å². The van der Waals surface area contributed by atoms with Crippen molar-refractivity contribution in [3.05, 3.63) is 18.0 Å². The summed E-state index contributed by atoms with van der Waals surface area (Å²) in [4.78, 5) is 11.5. The maximum absolute atomic E-state index is 11.5. The van der Waals surface area contributed by atoms with Gasteiger partial charge in [0.15, 0.2) is 5.78 Å². The van der Waals surface area contributed by atoms with Crippen molar-refractivity contribution in [3.63, 3.8) is 0 Å². The topological polar surface area (TPSA) is 44.1 Å². The summed E-state index contributed by atoms with van der Waals surface area (Å²) in [6.07, 6.45) is 4.45. The van der Waals surface area contributed by atoms with Crippen molar-refractivity contribution in [3.8, 4) is 0 Å². The van der Waals surface area contributed by atoms with Gasteiger partial charge >= 0.3 is 0 Å². The van der Waals surface area contributed by atoms with E-state index in [4.69, 9.17) is 4.74 Å². The molecule has 96 valence electrons. The van der Waals surface area contributed by atoms with E-state index in [1.807, 2.05) is 23.9 Å². The maximum atomic E-state index is 11.5. The summed E-state index contributed by atoms with van der Waals surface area (Å²) >= 11 is 0. The number of nitrogens with zero attached hydrogens (tertiary/aromatic N) is 2. The summed E-state index contributed by atoms with van der Waals surface area (Å²) in [5.41, 5.74) is 0.835. The van der Waals surface area contributed by atoms with Gasteiger partial charge in [0.05, 0.1) is 18.2 Å². The molecule has 1 aromatic heterocycles. The third kappa shape index (κ3) is 4.30. The number of ketones is 1. The highest BCUT2D eigenvalue weighted by atomic mass is 16.5. The maximum Gasteiger partial charge on any atom is 0.164 e. The molecule has 0 fully saturated rings. The lowest BCUT2D eigenvalue weighted by atomic mass is 10.2. The second kappa shape index (κ2) is 7.22. The molecule has 17 heavy (non-hydrogen) atoms. The summed E-state index contributed by atoms with van der Waals surface area (Å²) in [5.74, 6) is 0.0849. The number of rotatable bonds is 8. The van der Waals surface area contributed by atoms with Crippen molar-refractivity contribution in [1.82, 2.24) is 9.78 Å². The van der Waals surface area contributed by atoms with E-state index in [1.165, 1.54) is 0 Å². The molecule has 0 unspecified atom stereocenters. The number of hydrogen-bond acceptors (Lipinski definition) is 3. The van der Waals surface area contributed by atoms with Crippen LogP contribution in [0.25, 0.3) is 0 Å². The molecule has 0 aliphatic heterocycles. The van der Waals surface area contributed by atoms with Gasteiger partial charge in [-0.05, 0) is 25.8 Å². The first-order valence-electron chi connectivity index (χ1n) is 6.34. The molecule has 4 heteroatoms. The quantitative estimate of drug-likeness (QED) is 0.698. The van der Waals surface area contributed by atoms with Crippen molar-refractivity contribution < 1.29 is 9.53 Å². The third-order valence-corrected chi connectivity index (χ3v) is 2.83. The number of carbonyl (C=O) groups is 1. The first-order valence-corrected chi connectivity index (χ1v) is 6.34. The van der Waals surface area contributed by atoms with E-state index >= 15 is 0 Å². The van der Waals surface area contributed by atoms with Crippen LogP contribution in [0.5, 0.6) is 0 Å². The zero-order chi connectivity index (χ0) is 12.7. The molecule has 0 saturated carbocycles. The zero-order valence-corrected chi connectivity index (χ0v) is 11.0. The van der Waals surface area contributed by atoms with Crippen LogP contribution in [-0.4, -0.2) is 28.8 Å². The molecule has 0 aliphatic carbocycles. The normalized spacial score (nSPS) is 11.1. The second-order valence-electron chi connectivity index (χ2n) is 4.11. The molecule has 1 aromatic rings. The van der Waals surface area contributed by atoms with Gasteiger partial charge in [-0.15, -0.1) is 0 Å². The van der Waals surface area contributed by atoms with Gasteiger partial charge in [0.2, 0.25) is 0 Å². The minimum absolute atomic E-state index is 0.0849. The molecule has 0 atom stereocenters. The van der Waals surface area contributed by atoms with Gasteiger partial charge in [-0.2, -0.15) is 5.10 Å². The van der Waals surface area contributed by atoms with Crippen LogP contribution in [0, 0.1) is 0 Å². The Labute approximate surface area is 103 Å². The molecule has 0 radical (unpaired) electrons. The van der Waals surface area contributed by atoms with E-state index < -0.39 is 0 Å². The Bertz CT molecular complexity index is 343. The number of aromatic nitrogens is 2. The molecular formula is C13H22N2O2. The number of carbonyl (C=O) groups excluding carboxylic acids is 1. The zero-order valence-electron chi connectivity index (χ0n) is 11.0. The van der Waals surface area contributed by atoms with E-state index in [2.05, 4.69) is 18.9 Å². The molecule has 0 spiro atoms. The van der Waals surface area contributed by atoms with Gasteiger partial charge in [0.25, 0.3) is 0 Å². The Morgan fingerprint density at radius 2 is 2.12 bits per heavy atom. The predicted octanol–water partition coefficient (Wildman–Crippen LogP) is 2.39. The first kappa shape index (κ1) is 13.9. The van der Waals surface area contributed by atoms with Gasteiger partial charge in [-0.3, -0.25) is 9.48 Å². The molecule has 0 aromatic carbocycles. The highest BCUT2D eigenvalue weighted by Crippen LogP contribution is 2.14. The molecule has 0 bridgehead atoms. The van der Waals surface area contributed by atoms with Crippen LogP contribution in [0.15, 0.2) is 12.3 Å². The lowest BCUT2D eigenvalue weighted by Gasteiger charge is -2.12. The Hall–Kier alpha value is -1.16. The Balaban J connectivity index is 2.53. The van der Waals surface area contributed by atoms with Crippen LogP contribution in [0.4, 0.5) is 0 Å². The van der Waals surface area contributed by atoms with Crippen molar-refractivity contribution in [1.29, 1.82) is 0 Å². The largest absolute Gasteiger partial charge is 0.374 e. The van der Waals surface area contributed by atoms with Gasteiger partial charge < -0.3 is 4.74 Å². The number of hydrogen-bond donors (Lipinski definition) is 0. The fourth-order valence-electron chi connectivity index (χ4n) is 1.81. The molecule has 1 heterocycles. The fraction of sp³-hybridized carbons (Fsp3) is 0.692. The third-order valence-electron chi connectivity index (χ3n) is 2.83. The van der Waals surface area contributed by atoms with E-state index in [0.29, 0.717) is 19.1 Å². The number of Topliss-reactive ketones (excluding diaryl/α,β-unsaturated/α-hetero) is 1. The van der Waals surface area contributed by atoms with Crippen molar-refractivity contribution in [2.75, 3.05) is 13.2 Å². The summed E-state index contributed by atoms with van der Waals surface area (Å²) in [7, 11) is 0. The molecule has 0 saturated heterocycles. The van der Waals surface area contributed by atoms with Crippen molar-refractivity contribution >= 4 is 5.78 Å². The van der Waals surface area contributed by atoms with Gasteiger partial charge in [-0.25, -0.2) is 0 Å². The Morgan fingerprint density at radius 3 is 2.71 bits per heavy atom. The standard InChI is InChI=1S/C13H22N2O2/c1-4-12(5-2)15-8-7-11(14-15)9-13(16)10-17-6-3/h7-8,12H,4-6,9-10H2,1-3H3. The summed E-state index contributed by atoms with van der Waals surface area (Å²) in [6, 6.07) is 2.35. The minimum atomic E-state index is 0.0849. The predicted molar refractivity (Wildman–Crippen MR) is 67.1 cm³/mol. The van der Waals surface area contributed by atoms with Gasteiger partial charge in [-0.1, -0.05) is 13.8 Å². The second-order valence-corrected chi connectivity index (χ2v) is 4.11. The van der Waals surface area contributed by atoms with Crippen molar-refractivity contribution in [2.45, 2.75) is 46.1 Å². The van der Waals surface area contributed by atoms with Gasteiger partial charge in [0.1, 0.15) is 6.61 Å². The highest BCUT2D eigenvalue weighted by molar-refractivity contribution is 5.81. The molecule has 1 rings (SSSR count). The highest BCUT2D eigenvalue weighted by Gasteiger charge is 2.10.